The van der Waals surface area contributed by atoms with Gasteiger partial charge in [0.25, 0.3) is 0 Å². The lowest BCUT2D eigenvalue weighted by molar-refractivity contribution is -0.137. The molecule has 140 valence electrons. The second-order valence-corrected chi connectivity index (χ2v) is 6.91. The van der Waals surface area contributed by atoms with E-state index in [0.717, 1.165) is 49.3 Å². The number of nitrogens with one attached hydrogen (secondary N) is 1. The first kappa shape index (κ1) is 17.9. The van der Waals surface area contributed by atoms with Crippen molar-refractivity contribution in [1.82, 2.24) is 9.78 Å². The van der Waals surface area contributed by atoms with Gasteiger partial charge in [0, 0.05) is 17.7 Å². The van der Waals surface area contributed by atoms with Crippen LogP contribution in [0.25, 0.3) is 16.9 Å². The molecule has 1 aromatic heterocycles. The average molecular weight is 392 g/mol. The number of hydrogen-bond donors (Lipinski definition) is 1. The summed E-state index contributed by atoms with van der Waals surface area (Å²) in [6, 6.07) is 12.6. The van der Waals surface area contributed by atoms with Crippen LogP contribution < -0.4 is 5.32 Å². The molecule has 0 saturated carbocycles. The zero-order valence-electron chi connectivity index (χ0n) is 14.4. The maximum atomic E-state index is 13.2. The molecular weight excluding hydrogens is 375 g/mol. The minimum atomic E-state index is -4.39. The molecule has 0 radical (unpaired) electrons. The highest BCUT2D eigenvalue weighted by atomic mass is 35.5. The number of aromatic nitrogens is 2. The van der Waals surface area contributed by atoms with Crippen LogP contribution in [0.15, 0.2) is 48.5 Å². The third-order valence-electron chi connectivity index (χ3n) is 4.67. The van der Waals surface area contributed by atoms with Crippen molar-refractivity contribution < 1.29 is 13.2 Å². The normalized spacial score (nSPS) is 14.4. The van der Waals surface area contributed by atoms with Crippen LogP contribution in [0.3, 0.4) is 0 Å². The van der Waals surface area contributed by atoms with Crippen LogP contribution in [0.4, 0.5) is 19.0 Å². The van der Waals surface area contributed by atoms with Gasteiger partial charge in [-0.1, -0.05) is 35.9 Å². The molecule has 4 rings (SSSR count). The van der Waals surface area contributed by atoms with E-state index in [1.165, 1.54) is 6.07 Å². The number of alkyl halides is 3. The lowest BCUT2D eigenvalue weighted by Crippen LogP contribution is -2.07. The molecule has 2 heterocycles. The maximum Gasteiger partial charge on any atom is 0.416 e. The molecule has 0 spiro atoms. The number of rotatable bonds is 2. The highest BCUT2D eigenvalue weighted by Gasteiger charge is 2.31. The first-order valence-electron chi connectivity index (χ1n) is 8.73. The summed E-state index contributed by atoms with van der Waals surface area (Å²) in [4.78, 5) is 0. The fourth-order valence-corrected chi connectivity index (χ4v) is 3.59. The van der Waals surface area contributed by atoms with Gasteiger partial charge in [-0.15, -0.1) is 0 Å². The predicted octanol–water partition coefficient (Wildman–Crippen LogP) is 5.96. The van der Waals surface area contributed by atoms with Crippen LogP contribution in [0.2, 0.25) is 5.02 Å². The molecule has 2 aromatic carbocycles. The van der Waals surface area contributed by atoms with E-state index in [1.807, 2.05) is 18.2 Å². The second-order valence-electron chi connectivity index (χ2n) is 6.50. The van der Waals surface area contributed by atoms with Crippen molar-refractivity contribution >= 4 is 17.4 Å². The summed E-state index contributed by atoms with van der Waals surface area (Å²) in [6.07, 6.45) is -1.71. The molecule has 0 atom stereocenters. The van der Waals surface area contributed by atoms with Crippen LogP contribution in [-0.4, -0.2) is 16.3 Å². The van der Waals surface area contributed by atoms with Gasteiger partial charge in [0.1, 0.15) is 5.82 Å². The molecule has 27 heavy (non-hydrogen) atoms. The lowest BCUT2D eigenvalue weighted by atomic mass is 10.0. The summed E-state index contributed by atoms with van der Waals surface area (Å²) >= 11 is 6.35. The van der Waals surface area contributed by atoms with Crippen molar-refractivity contribution in [3.8, 4) is 16.9 Å². The van der Waals surface area contributed by atoms with Crippen molar-refractivity contribution in [3.63, 3.8) is 0 Å². The quantitative estimate of drug-likeness (QED) is 0.584. The first-order valence-corrected chi connectivity index (χ1v) is 9.11. The summed E-state index contributed by atoms with van der Waals surface area (Å²) in [6.45, 7) is 0.783. The Bertz CT molecular complexity index is 979. The smallest absolute Gasteiger partial charge is 0.370 e. The Morgan fingerprint density at radius 3 is 2.63 bits per heavy atom. The summed E-state index contributed by atoms with van der Waals surface area (Å²) in [5.74, 6) is 0.799. The topological polar surface area (TPSA) is 29.9 Å². The third-order valence-corrected chi connectivity index (χ3v) is 4.99. The summed E-state index contributed by atoms with van der Waals surface area (Å²) < 4.78 is 41.2. The van der Waals surface area contributed by atoms with Crippen LogP contribution in [-0.2, 0) is 12.6 Å². The molecule has 1 N–H and O–H groups in total. The third kappa shape index (κ3) is 3.41. The maximum absolute atomic E-state index is 13.2. The molecule has 3 aromatic rings. The predicted molar refractivity (Wildman–Crippen MR) is 100 cm³/mol. The van der Waals surface area contributed by atoms with E-state index < -0.39 is 11.7 Å². The molecule has 0 saturated heterocycles. The number of fused-ring (bicyclic) bond motifs is 1. The van der Waals surface area contributed by atoms with E-state index >= 15 is 0 Å². The molecule has 0 unspecified atom stereocenters. The molecule has 0 amide bonds. The minimum Gasteiger partial charge on any atom is -0.370 e. The molecule has 0 aliphatic carbocycles. The Morgan fingerprint density at radius 2 is 1.85 bits per heavy atom. The summed E-state index contributed by atoms with van der Waals surface area (Å²) in [5, 5.41) is 8.57. The van der Waals surface area contributed by atoms with Gasteiger partial charge in [-0.2, -0.15) is 18.3 Å². The molecule has 1 aliphatic heterocycles. The van der Waals surface area contributed by atoms with Crippen molar-refractivity contribution in [2.45, 2.75) is 25.4 Å². The molecule has 7 heteroatoms. The Hall–Kier alpha value is -2.47. The van der Waals surface area contributed by atoms with Crippen molar-refractivity contribution in [1.29, 1.82) is 0 Å². The number of hydrogen-bond acceptors (Lipinski definition) is 2. The van der Waals surface area contributed by atoms with Crippen molar-refractivity contribution in [2.24, 2.45) is 0 Å². The molecule has 0 bridgehead atoms. The SMILES string of the molecule is FC(F)(F)c1cccc(-c2nn(-c3ccccc3Cl)c3c2CCCCN3)c1. The van der Waals surface area contributed by atoms with E-state index in [0.29, 0.717) is 22.0 Å². The fourth-order valence-electron chi connectivity index (χ4n) is 3.37. The van der Waals surface area contributed by atoms with Gasteiger partial charge in [-0.05, 0) is 43.5 Å². The first-order chi connectivity index (χ1) is 12.9. The molecule has 0 fully saturated rings. The van der Waals surface area contributed by atoms with Gasteiger partial charge in [-0.3, -0.25) is 0 Å². The van der Waals surface area contributed by atoms with Crippen LogP contribution >= 0.6 is 11.6 Å². The van der Waals surface area contributed by atoms with E-state index in [2.05, 4.69) is 10.4 Å². The second kappa shape index (κ2) is 6.93. The van der Waals surface area contributed by atoms with Crippen molar-refractivity contribution in [3.05, 3.63) is 64.7 Å². The van der Waals surface area contributed by atoms with E-state index in [9.17, 15) is 13.2 Å². The standard InChI is InChI=1S/C20H17ClF3N3/c21-16-9-1-2-10-17(16)27-19-15(8-3-4-11-25-19)18(26-27)13-6-5-7-14(12-13)20(22,23)24/h1-2,5-7,9-10,12,25H,3-4,8,11H2. The van der Waals surface area contributed by atoms with Gasteiger partial charge < -0.3 is 5.32 Å². The Kier molecular flexibility index (Phi) is 4.60. The van der Waals surface area contributed by atoms with Gasteiger partial charge in [-0.25, -0.2) is 4.68 Å². The van der Waals surface area contributed by atoms with E-state index in [4.69, 9.17) is 11.6 Å². The van der Waals surface area contributed by atoms with E-state index in [1.54, 1.807) is 16.8 Å². The van der Waals surface area contributed by atoms with Crippen molar-refractivity contribution in [2.75, 3.05) is 11.9 Å². The summed E-state index contributed by atoms with van der Waals surface area (Å²) in [7, 11) is 0. The fraction of sp³-hybridized carbons (Fsp3) is 0.250. The van der Waals surface area contributed by atoms with Gasteiger partial charge in [0.15, 0.2) is 0 Å². The zero-order chi connectivity index (χ0) is 19.0. The molecule has 1 aliphatic rings. The highest BCUT2D eigenvalue weighted by Crippen LogP contribution is 2.37. The lowest BCUT2D eigenvalue weighted by Gasteiger charge is -2.10. The molecule has 3 nitrogen and oxygen atoms in total. The van der Waals surface area contributed by atoms with Gasteiger partial charge in [0.2, 0.25) is 0 Å². The Balaban J connectivity index is 1.91. The average Bonchev–Trinajstić information content (AvgIpc) is 2.83. The van der Waals surface area contributed by atoms with Crippen LogP contribution in [0.5, 0.6) is 0 Å². The highest BCUT2D eigenvalue weighted by molar-refractivity contribution is 6.32. The number of halogens is 4. The minimum absolute atomic E-state index is 0.454. The van der Waals surface area contributed by atoms with E-state index in [-0.39, 0.29) is 0 Å². The zero-order valence-corrected chi connectivity index (χ0v) is 15.1. The van der Waals surface area contributed by atoms with Crippen LogP contribution in [0.1, 0.15) is 24.0 Å². The Labute approximate surface area is 159 Å². The van der Waals surface area contributed by atoms with Crippen LogP contribution in [0, 0.1) is 0 Å². The number of para-hydroxylation sites is 1. The molecular formula is C20H17ClF3N3. The summed E-state index contributed by atoms with van der Waals surface area (Å²) in [5.41, 5.74) is 1.96. The number of benzene rings is 2. The Morgan fingerprint density at radius 1 is 1.04 bits per heavy atom. The van der Waals surface area contributed by atoms with Gasteiger partial charge in [0.05, 0.1) is 22.0 Å². The number of nitrogens with zero attached hydrogens (tertiary/aromatic N) is 2. The number of anilines is 1. The monoisotopic (exact) mass is 391 g/mol. The largest absolute Gasteiger partial charge is 0.416 e. The van der Waals surface area contributed by atoms with Gasteiger partial charge >= 0.3 is 6.18 Å².